The molecule has 2 rings (SSSR count). The lowest BCUT2D eigenvalue weighted by molar-refractivity contribution is -0.119. The number of aromatic nitrogens is 1. The van der Waals surface area contributed by atoms with Crippen molar-refractivity contribution in [3.8, 4) is 0 Å². The van der Waals surface area contributed by atoms with Gasteiger partial charge in [0.1, 0.15) is 5.00 Å². The van der Waals surface area contributed by atoms with E-state index in [0.29, 0.717) is 10.4 Å². The molecule has 0 radical (unpaired) electrons. The lowest BCUT2D eigenvalue weighted by atomic mass is 10.1. The maximum atomic E-state index is 12.4. The fourth-order valence-corrected chi connectivity index (χ4v) is 3.56. The predicted octanol–water partition coefficient (Wildman–Crippen LogP) is 2.13. The van der Waals surface area contributed by atoms with Gasteiger partial charge < -0.3 is 19.7 Å². The van der Waals surface area contributed by atoms with E-state index in [1.54, 1.807) is 27.9 Å². The number of amides is 2. The first-order valence-corrected chi connectivity index (χ1v) is 9.47. The number of nitrogens with one attached hydrogen (secondary N) is 1. The molecule has 0 bridgehead atoms. The first-order chi connectivity index (χ1) is 13.8. The van der Waals surface area contributed by atoms with Crippen molar-refractivity contribution in [2.75, 3.05) is 32.6 Å². The van der Waals surface area contributed by atoms with Crippen LogP contribution in [0, 0.1) is 6.92 Å². The summed E-state index contributed by atoms with van der Waals surface area (Å²) in [6.45, 7) is 2.85. The SMILES string of the molecule is CCOC(=O)c1c(NC(=O)COC(=O)c2ccncc2)sc(C(=O)N(C)C)c1C. The molecule has 154 valence electrons. The Morgan fingerprint density at radius 3 is 2.34 bits per heavy atom. The van der Waals surface area contributed by atoms with Gasteiger partial charge in [-0.15, -0.1) is 11.3 Å². The van der Waals surface area contributed by atoms with E-state index in [1.807, 2.05) is 0 Å². The summed E-state index contributed by atoms with van der Waals surface area (Å²) in [6.07, 6.45) is 2.86. The van der Waals surface area contributed by atoms with E-state index in [2.05, 4.69) is 10.3 Å². The van der Waals surface area contributed by atoms with E-state index in [-0.39, 0.29) is 28.6 Å². The lowest BCUT2D eigenvalue weighted by Crippen LogP contribution is -2.22. The van der Waals surface area contributed by atoms with Crippen LogP contribution in [0.3, 0.4) is 0 Å². The minimum absolute atomic E-state index is 0.107. The molecule has 0 aliphatic carbocycles. The van der Waals surface area contributed by atoms with Gasteiger partial charge >= 0.3 is 11.9 Å². The summed E-state index contributed by atoms with van der Waals surface area (Å²) >= 11 is 0.963. The molecule has 1 N–H and O–H groups in total. The Hall–Kier alpha value is -3.27. The zero-order valence-electron chi connectivity index (χ0n) is 16.5. The molecular weight excluding hydrogens is 398 g/mol. The van der Waals surface area contributed by atoms with Gasteiger partial charge in [-0.2, -0.15) is 0 Å². The Kier molecular flexibility index (Phi) is 7.43. The minimum atomic E-state index is -0.681. The number of anilines is 1. The average molecular weight is 419 g/mol. The van der Waals surface area contributed by atoms with E-state index in [1.165, 1.54) is 29.4 Å². The van der Waals surface area contributed by atoms with Crippen LogP contribution >= 0.6 is 11.3 Å². The molecule has 9 nitrogen and oxygen atoms in total. The van der Waals surface area contributed by atoms with Crippen molar-refractivity contribution < 1.29 is 28.7 Å². The second-order valence-electron chi connectivity index (χ2n) is 6.04. The van der Waals surface area contributed by atoms with Crippen LogP contribution in [0.2, 0.25) is 0 Å². The van der Waals surface area contributed by atoms with Crippen LogP contribution in [0.1, 0.15) is 42.9 Å². The van der Waals surface area contributed by atoms with E-state index in [4.69, 9.17) is 9.47 Å². The van der Waals surface area contributed by atoms with Crippen molar-refractivity contribution in [2.24, 2.45) is 0 Å². The number of nitrogens with zero attached hydrogens (tertiary/aromatic N) is 2. The van der Waals surface area contributed by atoms with E-state index in [0.717, 1.165) is 11.3 Å². The smallest absolute Gasteiger partial charge is 0.341 e. The zero-order valence-corrected chi connectivity index (χ0v) is 17.3. The van der Waals surface area contributed by atoms with Crippen LogP contribution in [0.4, 0.5) is 5.00 Å². The van der Waals surface area contributed by atoms with E-state index < -0.39 is 24.5 Å². The number of rotatable bonds is 7. The zero-order chi connectivity index (χ0) is 21.6. The third-order valence-electron chi connectivity index (χ3n) is 3.73. The van der Waals surface area contributed by atoms with Crippen LogP contribution in [0.15, 0.2) is 24.5 Å². The van der Waals surface area contributed by atoms with Gasteiger partial charge in [0.15, 0.2) is 6.61 Å². The summed E-state index contributed by atoms with van der Waals surface area (Å²) in [7, 11) is 3.17. The highest BCUT2D eigenvalue weighted by Crippen LogP contribution is 2.34. The maximum Gasteiger partial charge on any atom is 0.341 e. The fraction of sp³-hybridized carbons (Fsp3) is 0.316. The Morgan fingerprint density at radius 1 is 1.10 bits per heavy atom. The van der Waals surface area contributed by atoms with Crippen molar-refractivity contribution >= 4 is 40.1 Å². The third-order valence-corrected chi connectivity index (χ3v) is 4.93. The van der Waals surface area contributed by atoms with Crippen LogP contribution in [0.5, 0.6) is 0 Å². The minimum Gasteiger partial charge on any atom is -0.462 e. The topological polar surface area (TPSA) is 115 Å². The van der Waals surface area contributed by atoms with Gasteiger partial charge in [-0.1, -0.05) is 0 Å². The number of carbonyl (C=O) groups is 4. The molecule has 0 saturated heterocycles. The molecule has 2 heterocycles. The number of pyridine rings is 1. The van der Waals surface area contributed by atoms with Gasteiger partial charge in [-0.05, 0) is 31.5 Å². The Bertz CT molecular complexity index is 924. The monoisotopic (exact) mass is 419 g/mol. The predicted molar refractivity (Wildman–Crippen MR) is 106 cm³/mol. The Balaban J connectivity index is 2.18. The van der Waals surface area contributed by atoms with Gasteiger partial charge in [0.05, 0.1) is 22.6 Å². The van der Waals surface area contributed by atoms with Crippen molar-refractivity contribution in [1.29, 1.82) is 0 Å². The molecule has 2 aromatic heterocycles. The van der Waals surface area contributed by atoms with Crippen LogP contribution in [-0.4, -0.2) is 60.9 Å². The van der Waals surface area contributed by atoms with E-state index >= 15 is 0 Å². The van der Waals surface area contributed by atoms with Gasteiger partial charge in [0.25, 0.3) is 11.8 Å². The second-order valence-corrected chi connectivity index (χ2v) is 7.06. The normalized spacial score (nSPS) is 10.2. The molecule has 0 fully saturated rings. The quantitative estimate of drug-likeness (QED) is 0.684. The number of hydrogen-bond donors (Lipinski definition) is 1. The molecule has 0 spiro atoms. The summed E-state index contributed by atoms with van der Waals surface area (Å²) in [4.78, 5) is 54.4. The number of thiophene rings is 1. The lowest BCUT2D eigenvalue weighted by Gasteiger charge is -2.09. The molecule has 2 amide bonds. The largest absolute Gasteiger partial charge is 0.462 e. The first-order valence-electron chi connectivity index (χ1n) is 8.65. The molecule has 10 heteroatoms. The summed E-state index contributed by atoms with van der Waals surface area (Å²) in [5, 5.41) is 2.69. The first kappa shape index (κ1) is 22.0. The number of hydrogen-bond acceptors (Lipinski definition) is 8. The van der Waals surface area contributed by atoms with Gasteiger partial charge in [-0.25, -0.2) is 9.59 Å². The number of esters is 2. The molecule has 0 atom stereocenters. The maximum absolute atomic E-state index is 12.4. The van der Waals surface area contributed by atoms with Crippen LogP contribution in [0.25, 0.3) is 0 Å². The van der Waals surface area contributed by atoms with Crippen molar-refractivity contribution in [1.82, 2.24) is 9.88 Å². The average Bonchev–Trinajstić information content (AvgIpc) is 3.01. The van der Waals surface area contributed by atoms with Gasteiger partial charge in [-0.3, -0.25) is 14.6 Å². The number of carbonyl (C=O) groups excluding carboxylic acids is 4. The van der Waals surface area contributed by atoms with Crippen LogP contribution < -0.4 is 5.32 Å². The summed E-state index contributed by atoms with van der Waals surface area (Å²) < 4.78 is 10.0. The molecular formula is C19H21N3O6S. The number of ether oxygens (including phenoxy) is 2. The van der Waals surface area contributed by atoms with Gasteiger partial charge in [0, 0.05) is 26.5 Å². The second kappa shape index (κ2) is 9.78. The van der Waals surface area contributed by atoms with Gasteiger partial charge in [0.2, 0.25) is 0 Å². The van der Waals surface area contributed by atoms with Crippen LogP contribution in [-0.2, 0) is 14.3 Å². The molecule has 0 aromatic carbocycles. The highest BCUT2D eigenvalue weighted by molar-refractivity contribution is 7.18. The highest BCUT2D eigenvalue weighted by atomic mass is 32.1. The summed E-state index contributed by atoms with van der Waals surface area (Å²) in [5.41, 5.74) is 0.776. The van der Waals surface area contributed by atoms with Crippen molar-refractivity contribution in [3.63, 3.8) is 0 Å². The highest BCUT2D eigenvalue weighted by Gasteiger charge is 2.27. The molecule has 0 unspecified atom stereocenters. The molecule has 29 heavy (non-hydrogen) atoms. The molecule has 0 aliphatic heterocycles. The summed E-state index contributed by atoms with van der Waals surface area (Å²) in [5.74, 6) is -2.28. The molecule has 0 aliphatic rings. The van der Waals surface area contributed by atoms with E-state index in [9.17, 15) is 19.2 Å². The Labute approximate surface area is 171 Å². The Morgan fingerprint density at radius 2 is 1.76 bits per heavy atom. The molecule has 2 aromatic rings. The summed E-state index contributed by atoms with van der Waals surface area (Å²) in [6, 6.07) is 2.92. The van der Waals surface area contributed by atoms with Crippen molar-refractivity contribution in [2.45, 2.75) is 13.8 Å². The molecule has 0 saturated carbocycles. The third kappa shape index (κ3) is 5.38. The fourth-order valence-electron chi connectivity index (χ4n) is 2.32. The standard InChI is InChI=1S/C19H21N3O6S/c1-5-27-19(26)14-11(2)15(17(24)22(3)4)29-16(14)21-13(23)10-28-18(25)12-6-8-20-9-7-12/h6-9H,5,10H2,1-4H3,(H,21,23). The van der Waals surface area contributed by atoms with Crippen molar-refractivity contribution in [3.05, 3.63) is 46.1 Å².